The maximum absolute atomic E-state index is 12.2. The molecule has 1 aromatic carbocycles. The number of hydrogen-bond donors (Lipinski definition) is 2. The van der Waals surface area contributed by atoms with Gasteiger partial charge >= 0.3 is 0 Å². The summed E-state index contributed by atoms with van der Waals surface area (Å²) in [6.45, 7) is 9.99. The van der Waals surface area contributed by atoms with Crippen molar-refractivity contribution in [2.24, 2.45) is 5.92 Å². The van der Waals surface area contributed by atoms with E-state index in [1.54, 1.807) is 0 Å². The Morgan fingerprint density at radius 2 is 1.75 bits per heavy atom. The largest absolute Gasteiger partial charge is 0.388 e. The molecule has 0 aromatic heterocycles. The number of rotatable bonds is 6. The van der Waals surface area contributed by atoms with E-state index in [-0.39, 0.29) is 10.8 Å². The van der Waals surface area contributed by atoms with E-state index in [9.17, 15) is 9.32 Å². The predicted octanol–water partition coefficient (Wildman–Crippen LogP) is 3.19. The van der Waals surface area contributed by atoms with Crippen molar-refractivity contribution in [1.82, 2.24) is 4.72 Å². The van der Waals surface area contributed by atoms with Gasteiger partial charge in [-0.1, -0.05) is 44.2 Å². The molecule has 1 aromatic rings. The third-order valence-corrected chi connectivity index (χ3v) is 4.91. The van der Waals surface area contributed by atoms with Crippen LogP contribution in [0.5, 0.6) is 0 Å². The highest BCUT2D eigenvalue weighted by Crippen LogP contribution is 2.22. The van der Waals surface area contributed by atoms with Crippen LogP contribution < -0.4 is 4.72 Å². The van der Waals surface area contributed by atoms with Gasteiger partial charge in [0.05, 0.1) is 21.8 Å². The molecular formula is C16H27NO2S. The summed E-state index contributed by atoms with van der Waals surface area (Å²) < 4.78 is 15.1. The normalized spacial score (nSPS) is 16.9. The van der Waals surface area contributed by atoms with Crippen LogP contribution in [0, 0.1) is 5.92 Å². The summed E-state index contributed by atoms with van der Waals surface area (Å²) in [5, 5.41) is 10.3. The average molecular weight is 297 g/mol. The summed E-state index contributed by atoms with van der Waals surface area (Å²) in [4.78, 5) is 0. The van der Waals surface area contributed by atoms with Gasteiger partial charge in [0.2, 0.25) is 0 Å². The molecule has 0 heterocycles. The lowest BCUT2D eigenvalue weighted by molar-refractivity contribution is 0.146. The van der Waals surface area contributed by atoms with Crippen molar-refractivity contribution in [2.45, 2.75) is 57.9 Å². The lowest BCUT2D eigenvalue weighted by atomic mass is 9.95. The van der Waals surface area contributed by atoms with Gasteiger partial charge in [-0.2, -0.15) is 0 Å². The maximum atomic E-state index is 12.2. The minimum Gasteiger partial charge on any atom is -0.388 e. The molecule has 0 saturated heterocycles. The number of hydrogen-bond acceptors (Lipinski definition) is 2. The summed E-state index contributed by atoms with van der Waals surface area (Å²) in [7, 11) is -1.12. The van der Waals surface area contributed by atoms with E-state index in [1.165, 1.54) is 0 Å². The highest BCUT2D eigenvalue weighted by molar-refractivity contribution is 7.84. The summed E-state index contributed by atoms with van der Waals surface area (Å²) in [5.41, 5.74) is 0.904. The second kappa shape index (κ2) is 7.34. The van der Waals surface area contributed by atoms with Crippen molar-refractivity contribution in [1.29, 1.82) is 0 Å². The number of nitrogens with one attached hydrogen (secondary N) is 1. The van der Waals surface area contributed by atoms with Gasteiger partial charge in [0.25, 0.3) is 0 Å². The zero-order chi connectivity index (χ0) is 15.3. The van der Waals surface area contributed by atoms with Crippen LogP contribution in [0.4, 0.5) is 0 Å². The van der Waals surface area contributed by atoms with Crippen LogP contribution in [0.1, 0.15) is 52.7 Å². The lowest BCUT2D eigenvalue weighted by Crippen LogP contribution is -2.43. The van der Waals surface area contributed by atoms with Gasteiger partial charge in [0.15, 0.2) is 0 Å². The Labute approximate surface area is 125 Å². The van der Waals surface area contributed by atoms with E-state index in [2.05, 4.69) is 18.6 Å². The molecule has 0 saturated carbocycles. The fraction of sp³-hybridized carbons (Fsp3) is 0.625. The van der Waals surface area contributed by atoms with Crippen LogP contribution >= 0.6 is 0 Å². The Kier molecular flexibility index (Phi) is 6.37. The number of aliphatic hydroxyl groups excluding tert-OH is 1. The van der Waals surface area contributed by atoms with Crippen LogP contribution in [0.25, 0.3) is 0 Å². The summed E-state index contributed by atoms with van der Waals surface area (Å²) in [5.74, 6) is 0.305. The van der Waals surface area contributed by atoms with Crippen LogP contribution in [0.2, 0.25) is 0 Å². The van der Waals surface area contributed by atoms with Crippen LogP contribution in [0.3, 0.4) is 0 Å². The fourth-order valence-electron chi connectivity index (χ4n) is 1.82. The smallest absolute Gasteiger partial charge is 0.0972 e. The quantitative estimate of drug-likeness (QED) is 0.847. The monoisotopic (exact) mass is 297 g/mol. The van der Waals surface area contributed by atoms with Crippen molar-refractivity contribution in [2.75, 3.05) is 0 Å². The molecule has 2 N–H and O–H groups in total. The zero-order valence-electron chi connectivity index (χ0n) is 13.1. The first-order valence-electron chi connectivity index (χ1n) is 7.13. The van der Waals surface area contributed by atoms with E-state index in [0.29, 0.717) is 12.3 Å². The predicted molar refractivity (Wildman–Crippen MR) is 85.7 cm³/mol. The Balaban J connectivity index is 2.71. The number of aliphatic hydroxyl groups is 1. The second-order valence-electron chi connectivity index (χ2n) is 6.51. The highest BCUT2D eigenvalue weighted by Gasteiger charge is 2.26. The topological polar surface area (TPSA) is 49.3 Å². The molecule has 20 heavy (non-hydrogen) atoms. The van der Waals surface area contributed by atoms with E-state index >= 15 is 0 Å². The van der Waals surface area contributed by atoms with Crippen molar-refractivity contribution in [3.05, 3.63) is 35.9 Å². The summed E-state index contributed by atoms with van der Waals surface area (Å²) in [6.07, 6.45) is 0.0248. The standard InChI is InChI=1S/C16H27NO2S/c1-12(2)14(17-20(19)16(3,4)5)11-15(18)13-9-7-6-8-10-13/h6-10,12,14-15,17-18H,11H2,1-5H3/t14-,15-,20?/m0/s1. The Morgan fingerprint density at radius 3 is 2.20 bits per heavy atom. The average Bonchev–Trinajstić information content (AvgIpc) is 2.37. The molecule has 0 amide bonds. The minimum atomic E-state index is -1.12. The Morgan fingerprint density at radius 1 is 1.20 bits per heavy atom. The van der Waals surface area contributed by atoms with Crippen molar-refractivity contribution in [3.63, 3.8) is 0 Å². The van der Waals surface area contributed by atoms with Crippen molar-refractivity contribution < 1.29 is 9.32 Å². The van der Waals surface area contributed by atoms with Gasteiger partial charge in [-0.15, -0.1) is 0 Å². The maximum Gasteiger partial charge on any atom is 0.0972 e. The third kappa shape index (κ3) is 5.35. The Bertz CT molecular complexity index is 426. The van der Waals surface area contributed by atoms with E-state index < -0.39 is 17.1 Å². The molecule has 0 bridgehead atoms. The Hall–Kier alpha value is -0.710. The molecule has 114 valence electrons. The highest BCUT2D eigenvalue weighted by atomic mass is 32.2. The third-order valence-electron chi connectivity index (χ3n) is 3.28. The fourth-order valence-corrected chi connectivity index (χ4v) is 2.82. The minimum absolute atomic E-state index is 0.0188. The van der Waals surface area contributed by atoms with Gasteiger partial charge in [0, 0.05) is 6.04 Å². The molecule has 0 aliphatic rings. The van der Waals surface area contributed by atoms with Crippen LogP contribution in [0.15, 0.2) is 30.3 Å². The van der Waals surface area contributed by atoms with Crippen molar-refractivity contribution in [3.8, 4) is 0 Å². The van der Waals surface area contributed by atoms with E-state index in [4.69, 9.17) is 0 Å². The molecular weight excluding hydrogens is 270 g/mol. The molecule has 3 atom stereocenters. The molecule has 0 fully saturated rings. The molecule has 0 radical (unpaired) electrons. The molecule has 4 heteroatoms. The summed E-state index contributed by atoms with van der Waals surface area (Å²) in [6, 6.07) is 9.63. The first kappa shape index (κ1) is 17.3. The van der Waals surface area contributed by atoms with Gasteiger partial charge in [-0.05, 0) is 38.7 Å². The van der Waals surface area contributed by atoms with Gasteiger partial charge in [-0.25, -0.2) is 8.93 Å². The number of benzene rings is 1. The van der Waals surface area contributed by atoms with Gasteiger partial charge < -0.3 is 5.11 Å². The first-order chi connectivity index (χ1) is 9.21. The van der Waals surface area contributed by atoms with Gasteiger partial charge in [0.1, 0.15) is 0 Å². The first-order valence-corrected chi connectivity index (χ1v) is 8.28. The van der Waals surface area contributed by atoms with E-state index in [0.717, 1.165) is 5.56 Å². The summed E-state index contributed by atoms with van der Waals surface area (Å²) >= 11 is 0. The van der Waals surface area contributed by atoms with Crippen molar-refractivity contribution >= 4 is 11.0 Å². The molecule has 3 nitrogen and oxygen atoms in total. The molecule has 0 aliphatic heterocycles. The molecule has 1 unspecified atom stereocenters. The SMILES string of the molecule is CC(C)[C@H](C[C@H](O)c1ccccc1)NS(=O)C(C)(C)C. The second-order valence-corrected chi connectivity index (χ2v) is 8.51. The van der Waals surface area contributed by atoms with Crippen LogP contribution in [-0.2, 0) is 11.0 Å². The van der Waals surface area contributed by atoms with Crippen LogP contribution in [-0.4, -0.2) is 20.1 Å². The van der Waals surface area contributed by atoms with Gasteiger partial charge in [-0.3, -0.25) is 0 Å². The zero-order valence-corrected chi connectivity index (χ0v) is 13.9. The molecule has 0 aliphatic carbocycles. The lowest BCUT2D eigenvalue weighted by Gasteiger charge is -2.28. The molecule has 0 spiro atoms. The molecule has 1 rings (SSSR count). The van der Waals surface area contributed by atoms with E-state index in [1.807, 2.05) is 51.1 Å².